The SMILES string of the molecule is C(=C1\Cc2cc(Nc3ccc4oc5ccccc5c4c3)ccc2-c2ccccc21)/c1ccccc1. The van der Waals surface area contributed by atoms with E-state index in [1.54, 1.807) is 0 Å². The molecule has 1 aromatic heterocycles. The maximum atomic E-state index is 5.99. The molecule has 0 radical (unpaired) electrons. The molecule has 2 nitrogen and oxygen atoms in total. The Morgan fingerprint density at radius 1 is 0.571 bits per heavy atom. The standard InChI is InChI=1S/C33H23NO/c1-2-8-22(9-3-1)18-23-19-24-20-25(14-16-28(24)29-11-5-4-10-27(23)29)34-26-15-17-33-31(21-26)30-12-6-7-13-32(30)35-33/h1-18,20-21,34H,19H2/b23-18-. The molecule has 166 valence electrons. The van der Waals surface area contributed by atoms with E-state index in [4.69, 9.17) is 4.42 Å². The van der Waals surface area contributed by atoms with Crippen molar-refractivity contribution in [3.05, 3.63) is 132 Å². The van der Waals surface area contributed by atoms with Gasteiger partial charge in [-0.2, -0.15) is 0 Å². The number of hydrogen-bond donors (Lipinski definition) is 1. The zero-order valence-corrected chi connectivity index (χ0v) is 19.2. The first-order valence-corrected chi connectivity index (χ1v) is 12.0. The molecule has 0 spiro atoms. The first-order chi connectivity index (χ1) is 17.3. The number of benzene rings is 5. The molecule has 2 heteroatoms. The summed E-state index contributed by atoms with van der Waals surface area (Å²) in [6.45, 7) is 0. The summed E-state index contributed by atoms with van der Waals surface area (Å²) in [6, 6.07) is 40.5. The highest BCUT2D eigenvalue weighted by molar-refractivity contribution is 6.06. The highest BCUT2D eigenvalue weighted by Gasteiger charge is 2.20. The lowest BCUT2D eigenvalue weighted by atomic mass is 9.81. The molecule has 0 fully saturated rings. The Kier molecular flexibility index (Phi) is 4.56. The van der Waals surface area contributed by atoms with Crippen LogP contribution in [0, 0.1) is 0 Å². The monoisotopic (exact) mass is 449 g/mol. The van der Waals surface area contributed by atoms with Gasteiger partial charge in [0.15, 0.2) is 0 Å². The third kappa shape index (κ3) is 3.51. The van der Waals surface area contributed by atoms with Crippen LogP contribution in [0.15, 0.2) is 120 Å². The van der Waals surface area contributed by atoms with Gasteiger partial charge in [-0.3, -0.25) is 0 Å². The van der Waals surface area contributed by atoms with Crippen LogP contribution in [0.2, 0.25) is 0 Å². The van der Waals surface area contributed by atoms with Crippen LogP contribution in [0.25, 0.3) is 44.7 Å². The molecule has 5 aromatic carbocycles. The number of rotatable bonds is 3. The molecule has 6 aromatic rings. The minimum absolute atomic E-state index is 0.905. The van der Waals surface area contributed by atoms with Gasteiger partial charge < -0.3 is 9.73 Å². The third-order valence-corrected chi connectivity index (χ3v) is 6.86. The Balaban J connectivity index is 1.27. The Morgan fingerprint density at radius 3 is 2.20 bits per heavy atom. The Labute approximate surface area is 204 Å². The van der Waals surface area contributed by atoms with Crippen LogP contribution < -0.4 is 5.32 Å². The summed E-state index contributed by atoms with van der Waals surface area (Å²) < 4.78 is 5.99. The number of nitrogens with one attached hydrogen (secondary N) is 1. The summed E-state index contributed by atoms with van der Waals surface area (Å²) in [5.74, 6) is 0. The van der Waals surface area contributed by atoms with E-state index in [9.17, 15) is 0 Å². The normalized spacial score (nSPS) is 13.7. The minimum atomic E-state index is 0.905. The maximum Gasteiger partial charge on any atom is 0.135 e. The highest BCUT2D eigenvalue weighted by atomic mass is 16.3. The van der Waals surface area contributed by atoms with E-state index in [0.29, 0.717) is 0 Å². The number of allylic oxidation sites excluding steroid dienone is 1. The van der Waals surface area contributed by atoms with Gasteiger partial charge in [-0.15, -0.1) is 0 Å². The average molecular weight is 450 g/mol. The van der Waals surface area contributed by atoms with Gasteiger partial charge in [-0.1, -0.05) is 84.9 Å². The molecule has 1 heterocycles. The van der Waals surface area contributed by atoms with Crippen molar-refractivity contribution in [2.24, 2.45) is 0 Å². The van der Waals surface area contributed by atoms with Gasteiger partial charge in [0.25, 0.3) is 0 Å². The minimum Gasteiger partial charge on any atom is -0.456 e. The predicted octanol–water partition coefficient (Wildman–Crippen LogP) is 9.09. The second kappa shape index (κ2) is 8.03. The molecule has 0 saturated carbocycles. The van der Waals surface area contributed by atoms with Gasteiger partial charge in [0, 0.05) is 22.1 Å². The summed E-state index contributed by atoms with van der Waals surface area (Å²) >= 11 is 0. The number of furan rings is 1. The quantitative estimate of drug-likeness (QED) is 0.291. The number of anilines is 2. The summed E-state index contributed by atoms with van der Waals surface area (Å²) in [7, 11) is 0. The molecule has 0 bridgehead atoms. The van der Waals surface area contributed by atoms with E-state index in [1.807, 2.05) is 18.2 Å². The van der Waals surface area contributed by atoms with Crippen molar-refractivity contribution in [2.45, 2.75) is 6.42 Å². The summed E-state index contributed by atoms with van der Waals surface area (Å²) in [6.07, 6.45) is 3.22. The number of fused-ring (bicyclic) bond motifs is 6. The molecule has 0 aliphatic heterocycles. The van der Waals surface area contributed by atoms with E-state index in [2.05, 4.69) is 108 Å². The summed E-state index contributed by atoms with van der Waals surface area (Å²) in [4.78, 5) is 0. The Bertz CT molecular complexity index is 1740. The number of hydrogen-bond acceptors (Lipinski definition) is 2. The van der Waals surface area contributed by atoms with Crippen molar-refractivity contribution in [1.29, 1.82) is 0 Å². The fraction of sp³-hybridized carbons (Fsp3) is 0.0303. The molecule has 0 atom stereocenters. The van der Waals surface area contributed by atoms with Crippen LogP contribution in [-0.2, 0) is 6.42 Å². The molecule has 0 saturated heterocycles. The van der Waals surface area contributed by atoms with Crippen molar-refractivity contribution in [3.8, 4) is 11.1 Å². The molecule has 1 N–H and O–H groups in total. The smallest absolute Gasteiger partial charge is 0.135 e. The first-order valence-electron chi connectivity index (χ1n) is 12.0. The lowest BCUT2D eigenvalue weighted by molar-refractivity contribution is 0.669. The fourth-order valence-corrected chi connectivity index (χ4v) is 5.23. The Morgan fingerprint density at radius 2 is 1.29 bits per heavy atom. The Hall–Kier alpha value is -4.56. The van der Waals surface area contributed by atoms with Crippen molar-refractivity contribution in [2.75, 3.05) is 5.32 Å². The highest BCUT2D eigenvalue weighted by Crippen LogP contribution is 2.41. The second-order valence-corrected chi connectivity index (χ2v) is 9.11. The third-order valence-electron chi connectivity index (χ3n) is 6.86. The average Bonchev–Trinajstić information content (AvgIpc) is 3.27. The first kappa shape index (κ1) is 19.9. The zero-order valence-electron chi connectivity index (χ0n) is 19.2. The van der Waals surface area contributed by atoms with E-state index in [1.165, 1.54) is 33.4 Å². The molecular weight excluding hydrogens is 426 g/mol. The molecule has 7 rings (SSSR count). The van der Waals surface area contributed by atoms with Gasteiger partial charge in [0.1, 0.15) is 11.2 Å². The van der Waals surface area contributed by atoms with Crippen molar-refractivity contribution in [1.82, 2.24) is 0 Å². The largest absolute Gasteiger partial charge is 0.456 e. The van der Waals surface area contributed by atoms with Crippen LogP contribution in [0.1, 0.15) is 16.7 Å². The maximum absolute atomic E-state index is 5.99. The van der Waals surface area contributed by atoms with Crippen LogP contribution in [0.3, 0.4) is 0 Å². The van der Waals surface area contributed by atoms with Crippen molar-refractivity contribution in [3.63, 3.8) is 0 Å². The van der Waals surface area contributed by atoms with E-state index >= 15 is 0 Å². The number of para-hydroxylation sites is 1. The molecule has 1 aliphatic carbocycles. The van der Waals surface area contributed by atoms with Crippen LogP contribution in [-0.4, -0.2) is 0 Å². The van der Waals surface area contributed by atoms with E-state index < -0.39 is 0 Å². The van der Waals surface area contributed by atoms with Crippen molar-refractivity contribution < 1.29 is 4.42 Å². The van der Waals surface area contributed by atoms with Gasteiger partial charge in [0.2, 0.25) is 0 Å². The van der Waals surface area contributed by atoms with Crippen LogP contribution in [0.4, 0.5) is 11.4 Å². The van der Waals surface area contributed by atoms with Gasteiger partial charge in [0.05, 0.1) is 0 Å². The second-order valence-electron chi connectivity index (χ2n) is 9.11. The molecular formula is C33H23NO. The van der Waals surface area contributed by atoms with Gasteiger partial charge in [-0.05, 0) is 76.2 Å². The van der Waals surface area contributed by atoms with Crippen molar-refractivity contribution >= 4 is 45.0 Å². The summed E-state index contributed by atoms with van der Waals surface area (Å²) in [5, 5.41) is 5.90. The predicted molar refractivity (Wildman–Crippen MR) is 147 cm³/mol. The molecule has 0 unspecified atom stereocenters. The fourth-order valence-electron chi connectivity index (χ4n) is 5.23. The zero-order chi connectivity index (χ0) is 23.2. The van der Waals surface area contributed by atoms with Crippen LogP contribution in [0.5, 0.6) is 0 Å². The molecule has 35 heavy (non-hydrogen) atoms. The molecule has 1 aliphatic rings. The van der Waals surface area contributed by atoms with E-state index in [0.717, 1.165) is 39.7 Å². The van der Waals surface area contributed by atoms with E-state index in [-0.39, 0.29) is 0 Å². The van der Waals surface area contributed by atoms with Gasteiger partial charge >= 0.3 is 0 Å². The lowest BCUT2D eigenvalue weighted by Gasteiger charge is -2.23. The van der Waals surface area contributed by atoms with Gasteiger partial charge in [-0.25, -0.2) is 0 Å². The summed E-state index contributed by atoms with van der Waals surface area (Å²) in [5.41, 5.74) is 11.8. The van der Waals surface area contributed by atoms with Crippen LogP contribution >= 0.6 is 0 Å². The topological polar surface area (TPSA) is 25.2 Å². The lowest BCUT2D eigenvalue weighted by Crippen LogP contribution is -2.04. The molecule has 0 amide bonds.